The topological polar surface area (TPSA) is 57.2 Å². The van der Waals surface area contributed by atoms with Crippen LogP contribution in [0.1, 0.15) is 46.0 Å². The predicted octanol–water partition coefficient (Wildman–Crippen LogP) is 2.14. The quantitative estimate of drug-likeness (QED) is 0.683. The van der Waals surface area contributed by atoms with Crippen LogP contribution in [-0.2, 0) is 10.1 Å². The average molecular weight is 219 g/mol. The van der Waals surface area contributed by atoms with Gasteiger partial charge in [-0.1, -0.05) is 26.7 Å². The van der Waals surface area contributed by atoms with Gasteiger partial charge in [0.1, 0.15) is 0 Å². The molecule has 0 aromatic heterocycles. The maximum atomic E-state index is 11.0. The molecule has 3 nitrogen and oxygen atoms in total. The van der Waals surface area contributed by atoms with Crippen LogP contribution in [0.25, 0.3) is 0 Å². The van der Waals surface area contributed by atoms with Crippen molar-refractivity contribution in [3.8, 4) is 0 Å². The van der Waals surface area contributed by atoms with Gasteiger partial charge >= 0.3 is 0 Å². The van der Waals surface area contributed by atoms with E-state index in [2.05, 4.69) is 13.8 Å². The van der Waals surface area contributed by atoms with E-state index in [9.17, 15) is 13.0 Å². The van der Waals surface area contributed by atoms with Crippen LogP contribution < -0.4 is 0 Å². The molecule has 0 radical (unpaired) electrons. The first kappa shape index (κ1) is 12.0. The smallest absolute Gasteiger partial charge is 0.0978 e. The first-order chi connectivity index (χ1) is 6.41. The molecule has 1 aliphatic rings. The summed E-state index contributed by atoms with van der Waals surface area (Å²) in [5.74, 6) is 0.577. The number of hydrogen-bond donors (Lipinski definition) is 0. The fourth-order valence-corrected chi connectivity index (χ4v) is 3.60. The van der Waals surface area contributed by atoms with Gasteiger partial charge in [-0.05, 0) is 31.1 Å². The van der Waals surface area contributed by atoms with E-state index in [1.807, 2.05) is 0 Å². The minimum Gasteiger partial charge on any atom is -0.748 e. The molecule has 0 saturated heterocycles. The summed E-state index contributed by atoms with van der Waals surface area (Å²) in [6.45, 7) is 4.15. The predicted molar refractivity (Wildman–Crippen MR) is 54.9 cm³/mol. The fraction of sp³-hybridized carbons (Fsp3) is 1.00. The summed E-state index contributed by atoms with van der Waals surface area (Å²) < 4.78 is 33.1. The van der Waals surface area contributed by atoms with Crippen LogP contribution in [0.4, 0.5) is 0 Å². The standard InChI is InChI=1S/C10H20O3S/c1-8(2)7-9-5-3-4-6-10(9)14(11,12)13/h8-10H,3-7H2,1-2H3,(H,11,12,13)/p-1/t9-,10?/m1/s1. The zero-order chi connectivity index (χ0) is 10.8. The van der Waals surface area contributed by atoms with Crippen molar-refractivity contribution in [2.24, 2.45) is 11.8 Å². The van der Waals surface area contributed by atoms with Crippen LogP contribution in [-0.4, -0.2) is 18.2 Å². The summed E-state index contributed by atoms with van der Waals surface area (Å²) in [4.78, 5) is 0. The molecule has 0 aliphatic heterocycles. The number of rotatable bonds is 3. The summed E-state index contributed by atoms with van der Waals surface area (Å²) in [6, 6.07) is 0. The lowest BCUT2D eigenvalue weighted by Gasteiger charge is -2.34. The van der Waals surface area contributed by atoms with Gasteiger partial charge in [-0.25, -0.2) is 8.42 Å². The lowest BCUT2D eigenvalue weighted by atomic mass is 9.83. The second-order valence-electron chi connectivity index (χ2n) is 4.71. The largest absolute Gasteiger partial charge is 0.748 e. The van der Waals surface area contributed by atoms with E-state index < -0.39 is 15.4 Å². The molecule has 1 fully saturated rings. The van der Waals surface area contributed by atoms with E-state index in [0.29, 0.717) is 12.3 Å². The van der Waals surface area contributed by atoms with Gasteiger partial charge in [0.25, 0.3) is 0 Å². The van der Waals surface area contributed by atoms with Gasteiger partial charge in [0, 0.05) is 0 Å². The molecule has 0 aromatic rings. The molecule has 4 heteroatoms. The summed E-state index contributed by atoms with van der Waals surface area (Å²) >= 11 is 0. The first-order valence-electron chi connectivity index (χ1n) is 5.36. The van der Waals surface area contributed by atoms with Crippen molar-refractivity contribution < 1.29 is 13.0 Å². The van der Waals surface area contributed by atoms with Crippen molar-refractivity contribution >= 4 is 10.1 Å². The highest BCUT2D eigenvalue weighted by atomic mass is 32.2. The van der Waals surface area contributed by atoms with Gasteiger partial charge < -0.3 is 4.55 Å². The fourth-order valence-electron chi connectivity index (χ4n) is 2.43. The van der Waals surface area contributed by atoms with Crippen molar-refractivity contribution in [2.75, 3.05) is 0 Å². The van der Waals surface area contributed by atoms with Crippen LogP contribution in [0, 0.1) is 11.8 Å². The number of hydrogen-bond acceptors (Lipinski definition) is 3. The van der Waals surface area contributed by atoms with Gasteiger partial charge in [-0.2, -0.15) is 0 Å². The highest BCUT2D eigenvalue weighted by Gasteiger charge is 2.30. The second kappa shape index (κ2) is 4.62. The molecule has 0 N–H and O–H groups in total. The summed E-state index contributed by atoms with van der Waals surface area (Å²) in [6.07, 6.45) is 4.31. The molecular weight excluding hydrogens is 200 g/mol. The van der Waals surface area contributed by atoms with Crippen molar-refractivity contribution in [3.05, 3.63) is 0 Å². The van der Waals surface area contributed by atoms with Crippen LogP contribution in [0.3, 0.4) is 0 Å². The lowest BCUT2D eigenvalue weighted by Crippen LogP contribution is -2.33. The zero-order valence-corrected chi connectivity index (χ0v) is 9.72. The van der Waals surface area contributed by atoms with Gasteiger partial charge in [-0.15, -0.1) is 0 Å². The Morgan fingerprint density at radius 2 is 1.86 bits per heavy atom. The molecule has 1 unspecified atom stereocenters. The molecule has 1 aliphatic carbocycles. The molecule has 0 bridgehead atoms. The van der Waals surface area contributed by atoms with Crippen molar-refractivity contribution in [3.63, 3.8) is 0 Å². The molecule has 84 valence electrons. The van der Waals surface area contributed by atoms with Crippen LogP contribution in [0.5, 0.6) is 0 Å². The second-order valence-corrected chi connectivity index (χ2v) is 6.30. The molecule has 1 saturated carbocycles. The maximum absolute atomic E-state index is 11.0. The van der Waals surface area contributed by atoms with Gasteiger partial charge in [0.15, 0.2) is 0 Å². The van der Waals surface area contributed by atoms with E-state index >= 15 is 0 Å². The van der Waals surface area contributed by atoms with Crippen LogP contribution >= 0.6 is 0 Å². The Labute approximate surface area is 86.6 Å². The minimum absolute atomic E-state index is 0.103. The normalized spacial score (nSPS) is 29.4. The van der Waals surface area contributed by atoms with E-state index in [1.165, 1.54) is 0 Å². The summed E-state index contributed by atoms with van der Waals surface area (Å²) in [5, 5.41) is -0.612. The summed E-state index contributed by atoms with van der Waals surface area (Å²) in [7, 11) is -4.07. The van der Waals surface area contributed by atoms with Crippen molar-refractivity contribution in [2.45, 2.75) is 51.2 Å². The Bertz CT molecular complexity index is 269. The monoisotopic (exact) mass is 219 g/mol. The van der Waals surface area contributed by atoms with Gasteiger partial charge in [0.05, 0.1) is 15.4 Å². The average Bonchev–Trinajstić information content (AvgIpc) is 2.01. The Hall–Kier alpha value is -0.0900. The van der Waals surface area contributed by atoms with Crippen molar-refractivity contribution in [1.82, 2.24) is 0 Å². The maximum Gasteiger partial charge on any atom is 0.0978 e. The van der Waals surface area contributed by atoms with E-state index in [1.54, 1.807) is 0 Å². The third-order valence-corrected chi connectivity index (χ3v) is 4.35. The zero-order valence-electron chi connectivity index (χ0n) is 8.90. The molecular formula is C10H19O3S-. The Kier molecular flexibility index (Phi) is 3.95. The molecule has 0 aromatic carbocycles. The van der Waals surface area contributed by atoms with E-state index in [0.717, 1.165) is 25.7 Å². The van der Waals surface area contributed by atoms with Crippen LogP contribution in [0.15, 0.2) is 0 Å². The molecule has 0 spiro atoms. The third-order valence-electron chi connectivity index (χ3n) is 2.98. The lowest BCUT2D eigenvalue weighted by molar-refractivity contribution is 0.291. The third kappa shape index (κ3) is 3.24. The highest BCUT2D eigenvalue weighted by molar-refractivity contribution is 7.86. The van der Waals surface area contributed by atoms with Gasteiger partial charge in [-0.3, -0.25) is 0 Å². The Morgan fingerprint density at radius 3 is 2.36 bits per heavy atom. The Balaban J connectivity index is 2.69. The molecule has 0 amide bonds. The van der Waals surface area contributed by atoms with Gasteiger partial charge in [0.2, 0.25) is 0 Å². The highest BCUT2D eigenvalue weighted by Crippen LogP contribution is 2.33. The molecule has 2 atom stereocenters. The molecule has 14 heavy (non-hydrogen) atoms. The molecule has 1 rings (SSSR count). The summed E-state index contributed by atoms with van der Waals surface area (Å²) in [5.41, 5.74) is 0. The van der Waals surface area contributed by atoms with E-state index in [4.69, 9.17) is 0 Å². The van der Waals surface area contributed by atoms with Crippen LogP contribution in [0.2, 0.25) is 0 Å². The van der Waals surface area contributed by atoms with E-state index in [-0.39, 0.29) is 5.92 Å². The minimum atomic E-state index is -4.07. The Morgan fingerprint density at radius 1 is 1.29 bits per heavy atom. The SMILES string of the molecule is CC(C)C[C@H]1CCCCC1S(=O)(=O)[O-]. The first-order valence-corrected chi connectivity index (χ1v) is 6.83. The molecule has 0 heterocycles. The van der Waals surface area contributed by atoms with Crippen molar-refractivity contribution in [1.29, 1.82) is 0 Å².